The number of hydrogen-bond donors (Lipinski definition) is 0. The molecule has 9 nitrogen and oxygen atoms in total. The molecule has 0 saturated heterocycles. The summed E-state index contributed by atoms with van der Waals surface area (Å²) in [4.78, 5) is 30.5. The molecule has 0 aliphatic rings. The number of pyridine rings is 1. The highest BCUT2D eigenvalue weighted by atomic mass is 16.6. The molecular formula is C19H21N5O4. The summed E-state index contributed by atoms with van der Waals surface area (Å²) in [6.07, 6.45) is 1.79. The zero-order valence-electron chi connectivity index (χ0n) is 16.0. The Morgan fingerprint density at radius 1 is 1.29 bits per heavy atom. The number of rotatable bonds is 8. The Kier molecular flexibility index (Phi) is 6.87. The molecule has 0 bridgehead atoms. The molecule has 0 unspecified atom stereocenters. The lowest BCUT2D eigenvalue weighted by Gasteiger charge is -2.23. The maximum atomic E-state index is 12.4. The molecule has 1 heterocycles. The molecular weight excluding hydrogens is 362 g/mol. The van der Waals surface area contributed by atoms with Gasteiger partial charge in [-0.25, -0.2) is 4.98 Å². The lowest BCUT2D eigenvalue weighted by molar-refractivity contribution is -0.384. The minimum atomic E-state index is -0.516. The van der Waals surface area contributed by atoms with Gasteiger partial charge in [-0.15, -0.1) is 0 Å². The number of likely N-dealkylation sites (N-methyl/N-ethyl adjacent to an activating group) is 2. The maximum Gasteiger partial charge on any atom is 0.293 e. The first-order valence-corrected chi connectivity index (χ1v) is 8.48. The number of aromatic nitrogens is 1. The Morgan fingerprint density at radius 2 is 2.04 bits per heavy atom. The third-order valence-corrected chi connectivity index (χ3v) is 4.27. The fraction of sp³-hybridized carbons (Fsp3) is 0.316. The zero-order chi connectivity index (χ0) is 20.7. The maximum absolute atomic E-state index is 12.4. The van der Waals surface area contributed by atoms with Crippen LogP contribution in [0.2, 0.25) is 0 Å². The minimum absolute atomic E-state index is 0.0871. The van der Waals surface area contributed by atoms with Crippen molar-refractivity contribution in [2.75, 3.05) is 39.2 Å². The summed E-state index contributed by atoms with van der Waals surface area (Å²) in [5, 5.41) is 20.2. The number of anilines is 1. The second-order valence-electron chi connectivity index (χ2n) is 6.19. The summed E-state index contributed by atoms with van der Waals surface area (Å²) < 4.78 is 5.05. The van der Waals surface area contributed by atoms with Crippen LogP contribution in [0.25, 0.3) is 0 Å². The number of ether oxygens (including phenoxy) is 1. The van der Waals surface area contributed by atoms with Gasteiger partial charge in [0.1, 0.15) is 5.69 Å². The molecule has 9 heteroatoms. The van der Waals surface area contributed by atoms with Crippen molar-refractivity contribution in [3.05, 3.63) is 57.8 Å². The van der Waals surface area contributed by atoms with Crippen LogP contribution in [0.3, 0.4) is 0 Å². The molecule has 0 aliphatic heterocycles. The van der Waals surface area contributed by atoms with Crippen LogP contribution in [0.5, 0.6) is 5.88 Å². The van der Waals surface area contributed by atoms with Crippen molar-refractivity contribution in [3.8, 4) is 11.9 Å². The number of carbonyl (C=O) groups excluding carboxylic acids is 1. The molecule has 0 N–H and O–H groups in total. The van der Waals surface area contributed by atoms with Gasteiger partial charge >= 0.3 is 0 Å². The van der Waals surface area contributed by atoms with Gasteiger partial charge in [0.2, 0.25) is 11.8 Å². The van der Waals surface area contributed by atoms with Crippen molar-refractivity contribution in [1.29, 1.82) is 5.26 Å². The summed E-state index contributed by atoms with van der Waals surface area (Å²) in [5.41, 5.74) is 1.27. The second-order valence-corrected chi connectivity index (χ2v) is 6.19. The molecule has 28 heavy (non-hydrogen) atoms. The Morgan fingerprint density at radius 3 is 2.68 bits per heavy atom. The van der Waals surface area contributed by atoms with Gasteiger partial charge in [0.15, 0.2) is 0 Å². The van der Waals surface area contributed by atoms with E-state index >= 15 is 0 Å². The van der Waals surface area contributed by atoms with Crippen LogP contribution < -0.4 is 9.64 Å². The Balaban J connectivity index is 2.00. The lowest BCUT2D eigenvalue weighted by atomic mass is 10.1. The normalized spacial score (nSPS) is 10.1. The average molecular weight is 383 g/mol. The van der Waals surface area contributed by atoms with E-state index in [1.165, 1.54) is 19.2 Å². The molecule has 0 radical (unpaired) electrons. The van der Waals surface area contributed by atoms with E-state index < -0.39 is 4.92 Å². The molecule has 0 atom stereocenters. The Bertz CT molecular complexity index is 909. The highest BCUT2D eigenvalue weighted by molar-refractivity contribution is 5.78. The van der Waals surface area contributed by atoms with Gasteiger partial charge in [0, 0.05) is 45.5 Å². The van der Waals surface area contributed by atoms with E-state index in [9.17, 15) is 14.9 Å². The van der Waals surface area contributed by atoms with E-state index in [-0.39, 0.29) is 23.6 Å². The number of amides is 1. The van der Waals surface area contributed by atoms with Crippen LogP contribution in [0.4, 0.5) is 11.4 Å². The SMILES string of the molecule is COc1cc(CC(=O)N(C)CCN(C)c2ccc(C#N)cc2[N+](=O)[O-])ccn1. The zero-order valence-corrected chi connectivity index (χ0v) is 16.0. The largest absolute Gasteiger partial charge is 0.481 e. The number of nitrogens with zero attached hydrogens (tertiary/aromatic N) is 5. The van der Waals surface area contributed by atoms with Crippen LogP contribution >= 0.6 is 0 Å². The van der Waals surface area contributed by atoms with Gasteiger partial charge in [-0.2, -0.15) is 5.26 Å². The topological polar surface area (TPSA) is 113 Å². The molecule has 0 spiro atoms. The Labute approximate surface area is 162 Å². The van der Waals surface area contributed by atoms with Crippen molar-refractivity contribution < 1.29 is 14.5 Å². The van der Waals surface area contributed by atoms with Gasteiger partial charge < -0.3 is 14.5 Å². The van der Waals surface area contributed by atoms with Gasteiger partial charge in [-0.05, 0) is 23.8 Å². The predicted octanol–water partition coefficient (Wildman–Crippen LogP) is 2.01. The van der Waals surface area contributed by atoms with Crippen LogP contribution in [0.1, 0.15) is 11.1 Å². The standard InChI is InChI=1S/C19H21N5O4/c1-22(16-5-4-15(13-20)10-17(16)24(26)27)8-9-23(2)19(25)12-14-6-7-21-18(11-14)28-3/h4-7,10-11H,8-9,12H2,1-3H3. The third-order valence-electron chi connectivity index (χ3n) is 4.27. The quantitative estimate of drug-likeness (QED) is 0.506. The van der Waals surface area contributed by atoms with Gasteiger partial charge in [-0.1, -0.05) is 0 Å². The first-order chi connectivity index (χ1) is 13.3. The Hall–Kier alpha value is -3.67. The van der Waals surface area contributed by atoms with Crippen LogP contribution in [-0.2, 0) is 11.2 Å². The van der Waals surface area contributed by atoms with E-state index in [4.69, 9.17) is 10.00 Å². The predicted molar refractivity (Wildman–Crippen MR) is 103 cm³/mol. The van der Waals surface area contributed by atoms with Crippen LogP contribution in [0.15, 0.2) is 36.5 Å². The molecule has 1 aromatic heterocycles. The number of hydrogen-bond acceptors (Lipinski definition) is 7. The van der Waals surface area contributed by atoms with Gasteiger partial charge in [0.05, 0.1) is 30.1 Å². The smallest absolute Gasteiger partial charge is 0.293 e. The number of nitro benzene ring substituents is 1. The molecule has 1 aromatic carbocycles. The van der Waals surface area contributed by atoms with Gasteiger partial charge in [0.25, 0.3) is 5.69 Å². The van der Waals surface area contributed by atoms with E-state index in [1.54, 1.807) is 48.3 Å². The van der Waals surface area contributed by atoms with Crippen LogP contribution in [-0.4, -0.2) is 55.0 Å². The molecule has 0 fully saturated rings. The monoisotopic (exact) mass is 383 g/mol. The van der Waals surface area contributed by atoms with Crippen molar-refractivity contribution in [3.63, 3.8) is 0 Å². The molecule has 2 aromatic rings. The van der Waals surface area contributed by atoms with Crippen molar-refractivity contribution in [1.82, 2.24) is 9.88 Å². The van der Waals surface area contributed by atoms with Crippen molar-refractivity contribution in [2.24, 2.45) is 0 Å². The van der Waals surface area contributed by atoms with Gasteiger partial charge in [-0.3, -0.25) is 14.9 Å². The molecule has 1 amide bonds. The number of nitriles is 1. The molecule has 0 saturated carbocycles. The number of benzene rings is 1. The van der Waals surface area contributed by atoms with E-state index in [0.29, 0.717) is 24.7 Å². The summed E-state index contributed by atoms with van der Waals surface area (Å²) in [6.45, 7) is 0.781. The number of methoxy groups -OCH3 is 1. The average Bonchev–Trinajstić information content (AvgIpc) is 2.71. The minimum Gasteiger partial charge on any atom is -0.481 e. The summed E-state index contributed by atoms with van der Waals surface area (Å²) >= 11 is 0. The third kappa shape index (κ3) is 5.17. The first kappa shape index (κ1) is 20.6. The summed E-state index contributed by atoms with van der Waals surface area (Å²) in [6, 6.07) is 9.68. The van der Waals surface area contributed by atoms with E-state index in [1.807, 2.05) is 6.07 Å². The number of carbonyl (C=O) groups is 1. The lowest BCUT2D eigenvalue weighted by Crippen LogP contribution is -2.35. The van der Waals surface area contributed by atoms with E-state index in [0.717, 1.165) is 5.56 Å². The summed E-state index contributed by atoms with van der Waals surface area (Å²) in [5.74, 6) is 0.358. The highest BCUT2D eigenvalue weighted by Gasteiger charge is 2.19. The number of nitro groups is 1. The highest BCUT2D eigenvalue weighted by Crippen LogP contribution is 2.28. The molecule has 146 valence electrons. The second kappa shape index (κ2) is 9.32. The van der Waals surface area contributed by atoms with Crippen molar-refractivity contribution >= 4 is 17.3 Å². The van der Waals surface area contributed by atoms with Crippen LogP contribution in [0, 0.1) is 21.4 Å². The fourth-order valence-corrected chi connectivity index (χ4v) is 2.59. The molecule has 2 rings (SSSR count). The van der Waals surface area contributed by atoms with E-state index in [2.05, 4.69) is 4.98 Å². The summed E-state index contributed by atoms with van der Waals surface area (Å²) in [7, 11) is 4.90. The van der Waals surface area contributed by atoms with Crippen molar-refractivity contribution in [2.45, 2.75) is 6.42 Å². The molecule has 0 aliphatic carbocycles. The fourth-order valence-electron chi connectivity index (χ4n) is 2.59. The first-order valence-electron chi connectivity index (χ1n) is 8.48.